The molecule has 4 fully saturated rings. The number of aliphatic hydroxyl groups is 4. The second kappa shape index (κ2) is 12.8. The van der Waals surface area contributed by atoms with Crippen molar-refractivity contribution in [2.45, 2.75) is 110 Å². The van der Waals surface area contributed by atoms with Crippen LogP contribution < -0.4 is 11.5 Å². The minimum atomic E-state index is -2.25. The smallest absolute Gasteiger partial charge is 0.334 e. The molecule has 13 unspecified atom stereocenters. The Balaban J connectivity index is 1.34. The number of nitrogens with zero attached hydrogens (tertiary/aromatic N) is 1. The number of carbonyl (C=O) groups is 3. The first-order valence-electron chi connectivity index (χ1n) is 22.7. The first-order valence-corrected chi connectivity index (χ1v) is 22.7. The van der Waals surface area contributed by atoms with Gasteiger partial charge >= 0.3 is 5.97 Å². The molecule has 328 valence electrons. The van der Waals surface area contributed by atoms with Crippen LogP contribution in [-0.2, 0) is 14.4 Å². The van der Waals surface area contributed by atoms with Crippen molar-refractivity contribution in [3.63, 3.8) is 0 Å². The Labute approximate surface area is 363 Å². The zero-order chi connectivity index (χ0) is 44.5. The van der Waals surface area contributed by atoms with Gasteiger partial charge in [0.05, 0.1) is 5.57 Å². The summed E-state index contributed by atoms with van der Waals surface area (Å²) in [7, 11) is 0. The Hall–Kier alpha value is -4.58. The normalized spacial score (nSPS) is 44.8. The highest BCUT2D eigenvalue weighted by Crippen LogP contribution is 2.85. The van der Waals surface area contributed by atoms with Crippen molar-refractivity contribution in [1.82, 2.24) is 0 Å². The third kappa shape index (κ3) is 4.53. The molecule has 9 aliphatic rings. The van der Waals surface area contributed by atoms with Crippen LogP contribution in [0.1, 0.15) is 98.5 Å². The summed E-state index contributed by atoms with van der Waals surface area (Å²) in [6.07, 6.45) is 11.6. The summed E-state index contributed by atoms with van der Waals surface area (Å²) < 4.78 is 0. The Morgan fingerprint density at radius 1 is 0.984 bits per heavy atom. The van der Waals surface area contributed by atoms with Crippen molar-refractivity contribution in [2.75, 3.05) is 6.54 Å². The van der Waals surface area contributed by atoms with Crippen LogP contribution in [0, 0.1) is 63.1 Å². The lowest BCUT2D eigenvalue weighted by Crippen LogP contribution is -2.72. The molecule has 0 aromatic heterocycles. The zero-order valence-corrected chi connectivity index (χ0v) is 36.7. The Morgan fingerprint density at radius 3 is 2.35 bits per heavy atom. The van der Waals surface area contributed by atoms with Crippen molar-refractivity contribution in [2.24, 2.45) is 79.5 Å². The molecule has 1 aromatic rings. The minimum absolute atomic E-state index is 0.0394. The van der Waals surface area contributed by atoms with Crippen LogP contribution in [0.4, 0.5) is 0 Å². The summed E-state index contributed by atoms with van der Waals surface area (Å²) in [5.74, 6) is -6.66. The van der Waals surface area contributed by atoms with Gasteiger partial charge in [0.2, 0.25) is 0 Å². The van der Waals surface area contributed by atoms with Gasteiger partial charge in [0.25, 0.3) is 0 Å². The van der Waals surface area contributed by atoms with Gasteiger partial charge in [-0.25, -0.2) is 4.79 Å². The molecule has 4 saturated carbocycles. The van der Waals surface area contributed by atoms with Crippen LogP contribution in [0.25, 0.3) is 6.08 Å². The highest BCUT2D eigenvalue weighted by molar-refractivity contribution is 6.04. The maximum atomic E-state index is 16.3. The SMILES string of the molecule is CC(C(=O)O)=C(O)C1(O)C2=CCC3=C2C2C4C(CCCCC5C(=O)C6=C7C(O)(C=C(C3)C2(O)C7(C)C54C)C(C=Cc2ccccc2)C2C(C)(C)C(=O)CCC62C)C1CN=C(N)N. The predicted octanol–water partition coefficient (Wildman–Crippen LogP) is 6.27. The van der Waals surface area contributed by atoms with Crippen molar-refractivity contribution < 1.29 is 39.9 Å². The molecule has 0 heterocycles. The molecule has 11 nitrogen and oxygen atoms in total. The third-order valence-corrected chi connectivity index (χ3v) is 19.1. The number of guanidine groups is 1. The van der Waals surface area contributed by atoms with Gasteiger partial charge in [0, 0.05) is 58.5 Å². The lowest BCUT2D eigenvalue weighted by molar-refractivity contribution is -0.174. The number of carboxylic acids is 1. The fourth-order valence-electron chi connectivity index (χ4n) is 16.7. The monoisotopic (exact) mass is 843 g/mol. The average molecular weight is 844 g/mol. The van der Waals surface area contributed by atoms with E-state index in [0.717, 1.165) is 11.1 Å². The van der Waals surface area contributed by atoms with E-state index in [1.807, 2.05) is 62.4 Å². The van der Waals surface area contributed by atoms with Gasteiger partial charge in [-0.15, -0.1) is 0 Å². The standard InChI is InChI=1S/C51H61N3O8/c1-25(43(58)59)42(57)50(61)30-19-17-27-22-28-23-49(60)32(18-16-26-12-8-7-9-13-26)40-45(2,3)34(55)20-21-46(40,4)38-39(56)31-15-11-10-14-29(33(50)24-54-44(52)53)36-37(35(27)30)51(28,62)48(6,41(38)49)47(31,36)5/h7-9,12-13,16,18-19,23,29,31-33,36-37,40,57,60-62H,10-11,14-15,17,20-22,24H2,1-6H3,(H,58,59)(H4,52,53,54). The number of allylic oxidation sites excluding steroid dienone is 3. The van der Waals surface area contributed by atoms with Crippen molar-refractivity contribution in [3.05, 3.63) is 98.9 Å². The van der Waals surface area contributed by atoms with E-state index < -0.39 is 97.2 Å². The largest absolute Gasteiger partial charge is 0.508 e. The van der Waals surface area contributed by atoms with E-state index in [-0.39, 0.29) is 36.9 Å². The van der Waals surface area contributed by atoms with Gasteiger partial charge in [-0.1, -0.05) is 102 Å². The minimum Gasteiger partial charge on any atom is -0.508 e. The molecule has 0 radical (unpaired) electrons. The van der Waals surface area contributed by atoms with E-state index in [1.165, 1.54) is 6.92 Å². The molecule has 11 heteroatoms. The highest BCUT2D eigenvalue weighted by Gasteiger charge is 2.86. The van der Waals surface area contributed by atoms with Gasteiger partial charge in [-0.3, -0.25) is 14.6 Å². The number of ketones is 2. The molecule has 9 aliphatic carbocycles. The van der Waals surface area contributed by atoms with Crippen LogP contribution >= 0.6 is 0 Å². The maximum absolute atomic E-state index is 16.3. The number of rotatable bonds is 6. The lowest BCUT2D eigenvalue weighted by Gasteiger charge is -2.70. The number of fused-ring (bicyclic) bond motifs is 2. The molecular weight excluding hydrogens is 783 g/mol. The summed E-state index contributed by atoms with van der Waals surface area (Å²) in [6, 6.07) is 9.88. The predicted molar refractivity (Wildman–Crippen MR) is 234 cm³/mol. The average Bonchev–Trinajstić information content (AvgIpc) is 3.67. The molecule has 1 aromatic carbocycles. The summed E-state index contributed by atoms with van der Waals surface area (Å²) in [6.45, 7) is 11.5. The van der Waals surface area contributed by atoms with Gasteiger partial charge in [-0.05, 0) is 96.1 Å². The number of hydrogen-bond acceptors (Lipinski definition) is 8. The summed E-state index contributed by atoms with van der Waals surface area (Å²) in [5.41, 5.74) is 6.63. The van der Waals surface area contributed by atoms with Crippen molar-refractivity contribution in [3.8, 4) is 0 Å². The quantitative estimate of drug-likeness (QED) is 0.0560. The number of Topliss-reactive ketones (excluding diaryl/α,β-unsaturated/α-hetero) is 2. The van der Waals surface area contributed by atoms with Crippen LogP contribution in [0.3, 0.4) is 0 Å². The number of benzene rings is 1. The molecule has 0 bridgehead atoms. The molecule has 62 heavy (non-hydrogen) atoms. The molecule has 0 spiro atoms. The number of carbonyl (C=O) groups excluding carboxylic acids is 2. The molecule has 0 saturated heterocycles. The number of aliphatic carboxylic acids is 1. The van der Waals surface area contributed by atoms with Gasteiger partial charge in [-0.2, -0.15) is 0 Å². The van der Waals surface area contributed by atoms with Gasteiger partial charge in [0.15, 0.2) is 17.3 Å². The summed E-state index contributed by atoms with van der Waals surface area (Å²) in [4.78, 5) is 47.6. The third-order valence-electron chi connectivity index (χ3n) is 19.1. The molecular formula is C51H61N3O8. The lowest BCUT2D eigenvalue weighted by atomic mass is 9.33. The number of aliphatic hydroxyl groups excluding tert-OH is 1. The molecule has 0 amide bonds. The maximum Gasteiger partial charge on any atom is 0.334 e. The zero-order valence-electron chi connectivity index (χ0n) is 36.7. The fourth-order valence-corrected chi connectivity index (χ4v) is 16.7. The second-order valence-electron chi connectivity index (χ2n) is 21.6. The Kier molecular flexibility index (Phi) is 8.54. The second-order valence-corrected chi connectivity index (χ2v) is 21.6. The number of hydrogen-bond donors (Lipinski definition) is 7. The first kappa shape index (κ1) is 41.4. The van der Waals surface area contributed by atoms with Crippen molar-refractivity contribution >= 4 is 29.6 Å². The molecule has 0 aliphatic heterocycles. The number of aliphatic imine (C=N–C) groups is 1. The highest BCUT2D eigenvalue weighted by atomic mass is 16.4. The van der Waals surface area contributed by atoms with Gasteiger partial charge in [0.1, 0.15) is 22.7 Å². The topological polar surface area (TPSA) is 217 Å². The van der Waals surface area contributed by atoms with E-state index in [4.69, 9.17) is 11.5 Å². The summed E-state index contributed by atoms with van der Waals surface area (Å²) in [5, 5.41) is 64.8. The summed E-state index contributed by atoms with van der Waals surface area (Å²) >= 11 is 0. The van der Waals surface area contributed by atoms with Crippen LogP contribution in [-0.4, -0.2) is 72.4 Å². The first-order chi connectivity index (χ1) is 29.1. The van der Waals surface area contributed by atoms with E-state index in [0.29, 0.717) is 66.4 Å². The van der Waals surface area contributed by atoms with E-state index in [9.17, 15) is 35.1 Å². The van der Waals surface area contributed by atoms with Gasteiger partial charge < -0.3 is 37.0 Å². The van der Waals surface area contributed by atoms with E-state index in [1.54, 1.807) is 0 Å². The van der Waals surface area contributed by atoms with Crippen LogP contribution in [0.15, 0.2) is 98.3 Å². The van der Waals surface area contributed by atoms with E-state index >= 15 is 4.79 Å². The van der Waals surface area contributed by atoms with Crippen molar-refractivity contribution in [1.29, 1.82) is 0 Å². The fraction of sp³-hybridized carbons (Fsp3) is 0.569. The van der Waals surface area contributed by atoms with E-state index in [2.05, 4.69) is 31.8 Å². The Morgan fingerprint density at radius 2 is 1.68 bits per heavy atom. The number of carboxylic acid groups (broad SMARTS) is 1. The number of nitrogens with two attached hydrogens (primary N) is 2. The van der Waals surface area contributed by atoms with Crippen LogP contribution in [0.5, 0.6) is 0 Å². The van der Waals surface area contributed by atoms with Crippen LogP contribution in [0.2, 0.25) is 0 Å². The molecule has 13 atom stereocenters. The molecule has 10 rings (SSSR count). The Bertz CT molecular complexity index is 2490. The molecule has 9 N–H and O–H groups in total.